The van der Waals surface area contributed by atoms with Crippen LogP contribution in [0.2, 0.25) is 0 Å². The molecule has 1 aliphatic heterocycles. The number of hydrogen-bond acceptors (Lipinski definition) is 7. The van der Waals surface area contributed by atoms with Crippen LogP contribution in [0.4, 0.5) is 5.69 Å². The van der Waals surface area contributed by atoms with Crippen molar-refractivity contribution in [3.05, 3.63) is 57.1 Å². The fourth-order valence-corrected chi connectivity index (χ4v) is 6.08. The van der Waals surface area contributed by atoms with E-state index in [1.165, 1.54) is 28.1 Å². The van der Waals surface area contributed by atoms with Gasteiger partial charge in [0, 0.05) is 52.5 Å². The molecule has 1 fully saturated rings. The van der Waals surface area contributed by atoms with Gasteiger partial charge in [-0.1, -0.05) is 19.9 Å². The van der Waals surface area contributed by atoms with Crippen molar-refractivity contribution in [2.24, 2.45) is 6.98 Å². The largest absolute Gasteiger partial charge is 0.362 e. The van der Waals surface area contributed by atoms with Crippen molar-refractivity contribution in [1.29, 1.82) is 5.26 Å². The summed E-state index contributed by atoms with van der Waals surface area (Å²) in [5.74, 6) is 0. The maximum atomic E-state index is 13.2. The molecule has 5 rings (SSSR count). The van der Waals surface area contributed by atoms with Crippen molar-refractivity contribution >= 4 is 32.9 Å². The van der Waals surface area contributed by atoms with E-state index in [4.69, 9.17) is 8.22 Å². The van der Waals surface area contributed by atoms with Crippen LogP contribution in [0.15, 0.2) is 35.3 Å². The number of rotatable bonds is 6. The predicted molar refractivity (Wildman–Crippen MR) is 145 cm³/mol. The van der Waals surface area contributed by atoms with Crippen molar-refractivity contribution in [1.82, 2.24) is 24.1 Å². The quantitative estimate of drug-likeness (QED) is 0.382. The van der Waals surface area contributed by atoms with Crippen LogP contribution < -0.4 is 10.5 Å². The summed E-state index contributed by atoms with van der Waals surface area (Å²) in [6.45, 7) is 2.68. The lowest BCUT2D eigenvalue weighted by atomic mass is 9.96. The van der Waals surface area contributed by atoms with Crippen molar-refractivity contribution in [3.8, 4) is 6.07 Å². The molecule has 9 heteroatoms. The molecule has 1 saturated heterocycles. The summed E-state index contributed by atoms with van der Waals surface area (Å²) < 4.78 is 49.8. The van der Waals surface area contributed by atoms with Gasteiger partial charge in [0.05, 0.1) is 45.3 Å². The number of imidazole rings is 1. The molecule has 0 aliphatic carbocycles. The van der Waals surface area contributed by atoms with E-state index < -0.39 is 19.4 Å². The van der Waals surface area contributed by atoms with E-state index in [0.717, 1.165) is 23.1 Å². The van der Waals surface area contributed by atoms with Gasteiger partial charge in [0.1, 0.15) is 0 Å². The molecule has 0 amide bonds. The number of anilines is 1. The minimum atomic E-state index is -2.72. The van der Waals surface area contributed by atoms with E-state index in [0.29, 0.717) is 40.3 Å². The maximum absolute atomic E-state index is 13.2. The molecule has 1 unspecified atom stereocenters. The van der Waals surface area contributed by atoms with E-state index in [-0.39, 0.29) is 29.6 Å². The number of nitriles is 1. The first-order valence-electron chi connectivity index (χ1n) is 15.2. The lowest BCUT2D eigenvalue weighted by molar-refractivity contribution is 0.101. The van der Waals surface area contributed by atoms with E-state index in [1.54, 1.807) is 0 Å². The first-order chi connectivity index (χ1) is 19.8. The van der Waals surface area contributed by atoms with Crippen LogP contribution in [0, 0.1) is 18.2 Å². The summed E-state index contributed by atoms with van der Waals surface area (Å²) >= 11 is 1.20. The lowest BCUT2D eigenvalue weighted by Gasteiger charge is -2.49. The van der Waals surface area contributed by atoms with Crippen molar-refractivity contribution in [3.63, 3.8) is 0 Å². The zero-order valence-corrected chi connectivity index (χ0v) is 21.4. The maximum Gasteiger partial charge on any atom is 0.267 e. The Bertz CT molecular complexity index is 1720. The Kier molecular flexibility index (Phi) is 4.86. The molecular weight excluding hydrogens is 470 g/mol. The van der Waals surface area contributed by atoms with Crippen molar-refractivity contribution in [2.75, 3.05) is 18.0 Å². The molecule has 0 saturated carbocycles. The van der Waals surface area contributed by atoms with Gasteiger partial charge in [-0.25, -0.2) is 19.2 Å². The van der Waals surface area contributed by atoms with Gasteiger partial charge >= 0.3 is 0 Å². The molecule has 36 heavy (non-hydrogen) atoms. The average molecular weight is 510 g/mol. The first kappa shape index (κ1) is 18.1. The number of aromatic nitrogens is 4. The number of thiazole rings is 1. The Hall–Kier alpha value is -3.22. The van der Waals surface area contributed by atoms with Crippen LogP contribution in [-0.2, 0) is 13.4 Å². The van der Waals surface area contributed by atoms with Gasteiger partial charge in [0.15, 0.2) is 5.65 Å². The number of piperazine rings is 1. The SMILES string of the molecule is [2H]C([2H])([2H])c1nc2ccc(C(C)N3C[C@H](CC)N(c4cc(=O)n(C([2H])([2H])[2H])n5cc(CC#N)nc45)C[C@H]3CC)cc2s1. The monoisotopic (exact) mass is 509 g/mol. The highest BCUT2D eigenvalue weighted by Crippen LogP contribution is 2.34. The van der Waals surface area contributed by atoms with E-state index in [2.05, 4.69) is 46.6 Å². The molecule has 0 radical (unpaired) electrons. The van der Waals surface area contributed by atoms with Gasteiger partial charge in [-0.05, 0) is 44.3 Å². The number of aryl methyl sites for hydroxylation is 2. The second kappa shape index (κ2) is 9.68. The molecule has 188 valence electrons. The van der Waals surface area contributed by atoms with Crippen molar-refractivity contribution in [2.45, 2.75) is 65.0 Å². The number of nitrogens with zero attached hydrogens (tertiary/aromatic N) is 7. The number of fused-ring (bicyclic) bond motifs is 2. The Morgan fingerprint density at radius 1 is 1.22 bits per heavy atom. The minimum absolute atomic E-state index is 0.00560. The van der Waals surface area contributed by atoms with Crippen LogP contribution >= 0.6 is 11.3 Å². The summed E-state index contributed by atoms with van der Waals surface area (Å²) in [6.07, 6.45) is 3.06. The molecule has 4 aromatic rings. The third-order valence-corrected chi connectivity index (χ3v) is 8.13. The molecular formula is C27H33N7OS. The summed E-state index contributed by atoms with van der Waals surface area (Å²) in [5, 5.41) is 9.38. The van der Waals surface area contributed by atoms with E-state index >= 15 is 0 Å². The molecule has 1 aromatic carbocycles. The Morgan fingerprint density at radius 3 is 2.78 bits per heavy atom. The van der Waals surface area contributed by atoms with Crippen LogP contribution in [0.3, 0.4) is 0 Å². The highest BCUT2D eigenvalue weighted by atomic mass is 32.1. The fraction of sp³-hybridized carbons (Fsp3) is 0.481. The number of benzene rings is 1. The van der Waals surface area contributed by atoms with Crippen LogP contribution in [0.1, 0.15) is 64.1 Å². The highest BCUT2D eigenvalue weighted by molar-refractivity contribution is 7.18. The second-order valence-electron chi connectivity index (χ2n) is 9.31. The normalized spacial score (nSPS) is 22.9. The second-order valence-corrected chi connectivity index (χ2v) is 10.3. The molecule has 3 atom stereocenters. The highest BCUT2D eigenvalue weighted by Gasteiger charge is 2.36. The van der Waals surface area contributed by atoms with E-state index in [9.17, 15) is 10.1 Å². The third kappa shape index (κ3) is 4.18. The Labute approximate surface area is 223 Å². The molecule has 4 heterocycles. The van der Waals surface area contributed by atoms with Gasteiger partial charge in [-0.15, -0.1) is 11.3 Å². The Balaban J connectivity index is 1.52. The topological polar surface area (TPSA) is 82.5 Å². The minimum Gasteiger partial charge on any atom is -0.362 e. The molecule has 0 bridgehead atoms. The molecule has 8 nitrogen and oxygen atoms in total. The summed E-state index contributed by atoms with van der Waals surface area (Å²) in [6, 6.07) is 9.49. The van der Waals surface area contributed by atoms with Crippen LogP contribution in [0.5, 0.6) is 0 Å². The van der Waals surface area contributed by atoms with Crippen molar-refractivity contribution < 1.29 is 8.22 Å². The van der Waals surface area contributed by atoms with Gasteiger partial charge in [-0.3, -0.25) is 9.69 Å². The Morgan fingerprint density at radius 2 is 2.06 bits per heavy atom. The summed E-state index contributed by atoms with van der Waals surface area (Å²) in [7, 11) is 0. The van der Waals surface area contributed by atoms with Gasteiger partial charge in [-0.2, -0.15) is 5.26 Å². The smallest absolute Gasteiger partial charge is 0.267 e. The number of hydrogen-bond donors (Lipinski definition) is 0. The average Bonchev–Trinajstić information content (AvgIpc) is 3.54. The molecule has 0 N–H and O–H groups in total. The fourth-order valence-electron chi connectivity index (χ4n) is 5.32. The zero-order chi connectivity index (χ0) is 30.6. The van der Waals surface area contributed by atoms with Gasteiger partial charge < -0.3 is 4.90 Å². The lowest BCUT2D eigenvalue weighted by Crippen LogP contribution is -2.59. The van der Waals surface area contributed by atoms with Crippen LogP contribution in [0.25, 0.3) is 15.9 Å². The standard InChI is InChI=1S/C27H33N7OS/c1-6-21-16-33(24-13-26(35)31(5)34-14-20(10-11-28)30-27(24)34)22(7-2)15-32(21)17(3)19-8-9-23-25(12-19)36-18(4)29-23/h8-9,12-14,17,21-22H,6-7,10,15-16H2,1-5H3/t17?,21-,22+/m1/s1/i4D3,5D3. The van der Waals surface area contributed by atoms with Gasteiger partial charge in [0.25, 0.3) is 5.56 Å². The third-order valence-electron chi connectivity index (χ3n) is 7.29. The van der Waals surface area contributed by atoms with Crippen LogP contribution in [-0.4, -0.2) is 49.2 Å². The predicted octanol–water partition coefficient (Wildman–Crippen LogP) is 4.46. The van der Waals surface area contributed by atoms with E-state index in [1.807, 2.05) is 18.2 Å². The molecule has 0 spiro atoms. The van der Waals surface area contributed by atoms with Gasteiger partial charge in [0.2, 0.25) is 0 Å². The summed E-state index contributed by atoms with van der Waals surface area (Å²) in [5.41, 5.74) is 2.39. The molecule has 1 aliphatic rings. The first-order valence-corrected chi connectivity index (χ1v) is 13.0. The zero-order valence-electron chi connectivity index (χ0n) is 26.6. The summed E-state index contributed by atoms with van der Waals surface area (Å²) in [4.78, 5) is 26.7. The molecule has 3 aromatic heterocycles.